The van der Waals surface area contributed by atoms with Gasteiger partial charge in [0.15, 0.2) is 5.16 Å². The number of carbonyl (C=O) groups excluding carboxylic acids is 1. The second-order valence-electron chi connectivity index (χ2n) is 5.97. The molecule has 5 nitrogen and oxygen atoms in total. The Balaban J connectivity index is 1.60. The quantitative estimate of drug-likeness (QED) is 0.788. The van der Waals surface area contributed by atoms with Gasteiger partial charge in [0.05, 0.1) is 5.75 Å². The fourth-order valence-electron chi connectivity index (χ4n) is 2.53. The van der Waals surface area contributed by atoms with Crippen LogP contribution in [0, 0.1) is 6.92 Å². The van der Waals surface area contributed by atoms with E-state index in [1.54, 1.807) is 0 Å². The first kappa shape index (κ1) is 16.1. The molecule has 1 aliphatic rings. The number of hydrogen-bond donors (Lipinski definition) is 1. The number of aromatic nitrogens is 3. The molecule has 0 saturated heterocycles. The van der Waals surface area contributed by atoms with Crippen molar-refractivity contribution in [2.24, 2.45) is 0 Å². The average Bonchev–Trinajstić information content (AvgIpc) is 3.28. The van der Waals surface area contributed by atoms with Gasteiger partial charge in [0, 0.05) is 18.2 Å². The highest BCUT2D eigenvalue weighted by molar-refractivity contribution is 7.99. The molecular formula is C17H22N4OS. The number of hydrogen-bond acceptors (Lipinski definition) is 4. The predicted molar refractivity (Wildman–Crippen MR) is 92.8 cm³/mol. The SMILES string of the molecule is CCCn1c(SCC(=O)Nc2cccc(C)c2)nnc1C1CC1. The van der Waals surface area contributed by atoms with Crippen molar-refractivity contribution in [2.45, 2.75) is 50.7 Å². The third kappa shape index (κ3) is 4.13. The summed E-state index contributed by atoms with van der Waals surface area (Å²) in [5.74, 6) is 2.00. The lowest BCUT2D eigenvalue weighted by Gasteiger charge is -2.08. The van der Waals surface area contributed by atoms with Crippen molar-refractivity contribution in [1.82, 2.24) is 14.8 Å². The first-order valence-electron chi connectivity index (χ1n) is 8.09. The Hall–Kier alpha value is -1.82. The van der Waals surface area contributed by atoms with Crippen molar-refractivity contribution < 1.29 is 4.79 Å². The van der Waals surface area contributed by atoms with E-state index in [-0.39, 0.29) is 5.91 Å². The molecule has 0 radical (unpaired) electrons. The lowest BCUT2D eigenvalue weighted by atomic mass is 10.2. The van der Waals surface area contributed by atoms with E-state index < -0.39 is 0 Å². The van der Waals surface area contributed by atoms with Crippen LogP contribution in [0.5, 0.6) is 0 Å². The van der Waals surface area contributed by atoms with Crippen LogP contribution in [0.15, 0.2) is 29.4 Å². The molecular weight excluding hydrogens is 308 g/mol. The zero-order chi connectivity index (χ0) is 16.2. The van der Waals surface area contributed by atoms with Gasteiger partial charge in [-0.05, 0) is 43.9 Å². The molecule has 1 aromatic carbocycles. The summed E-state index contributed by atoms with van der Waals surface area (Å²) in [6.45, 7) is 5.08. The van der Waals surface area contributed by atoms with Crippen LogP contribution in [-0.2, 0) is 11.3 Å². The molecule has 1 fully saturated rings. The topological polar surface area (TPSA) is 59.8 Å². The molecule has 6 heteroatoms. The van der Waals surface area contributed by atoms with Crippen molar-refractivity contribution in [2.75, 3.05) is 11.1 Å². The second-order valence-corrected chi connectivity index (χ2v) is 6.92. The van der Waals surface area contributed by atoms with Crippen molar-refractivity contribution in [3.8, 4) is 0 Å². The van der Waals surface area contributed by atoms with Crippen LogP contribution < -0.4 is 5.32 Å². The predicted octanol–water partition coefficient (Wildman–Crippen LogP) is 3.60. The molecule has 1 heterocycles. The monoisotopic (exact) mass is 330 g/mol. The molecule has 23 heavy (non-hydrogen) atoms. The van der Waals surface area contributed by atoms with Crippen LogP contribution in [0.2, 0.25) is 0 Å². The van der Waals surface area contributed by atoms with Crippen molar-refractivity contribution in [3.63, 3.8) is 0 Å². The Morgan fingerprint density at radius 2 is 2.22 bits per heavy atom. The van der Waals surface area contributed by atoms with E-state index in [2.05, 4.69) is 27.0 Å². The minimum absolute atomic E-state index is 0.0142. The van der Waals surface area contributed by atoms with Crippen molar-refractivity contribution >= 4 is 23.4 Å². The fraction of sp³-hybridized carbons (Fsp3) is 0.471. The second kappa shape index (κ2) is 7.17. The van der Waals surface area contributed by atoms with Crippen LogP contribution in [0.3, 0.4) is 0 Å². The number of benzene rings is 1. The van der Waals surface area contributed by atoms with E-state index in [1.165, 1.54) is 24.6 Å². The summed E-state index contributed by atoms with van der Waals surface area (Å²) in [6, 6.07) is 7.82. The largest absolute Gasteiger partial charge is 0.325 e. The number of rotatable bonds is 7. The Morgan fingerprint density at radius 3 is 2.91 bits per heavy atom. The van der Waals surface area contributed by atoms with Crippen LogP contribution in [0.1, 0.15) is 43.5 Å². The van der Waals surface area contributed by atoms with E-state index >= 15 is 0 Å². The lowest BCUT2D eigenvalue weighted by Crippen LogP contribution is -2.15. The lowest BCUT2D eigenvalue weighted by molar-refractivity contribution is -0.113. The minimum Gasteiger partial charge on any atom is -0.325 e. The highest BCUT2D eigenvalue weighted by atomic mass is 32.2. The summed E-state index contributed by atoms with van der Waals surface area (Å²) < 4.78 is 2.18. The van der Waals surface area contributed by atoms with Crippen LogP contribution in [0.25, 0.3) is 0 Å². The van der Waals surface area contributed by atoms with E-state index in [9.17, 15) is 4.79 Å². The third-order valence-corrected chi connectivity index (χ3v) is 4.74. The van der Waals surface area contributed by atoms with Gasteiger partial charge in [-0.3, -0.25) is 4.79 Å². The van der Waals surface area contributed by atoms with Crippen LogP contribution in [-0.4, -0.2) is 26.4 Å². The molecule has 1 aliphatic carbocycles. The van der Waals surface area contributed by atoms with Gasteiger partial charge in [-0.15, -0.1) is 10.2 Å². The van der Waals surface area contributed by atoms with E-state index in [0.29, 0.717) is 11.7 Å². The summed E-state index contributed by atoms with van der Waals surface area (Å²) in [5, 5.41) is 12.4. The van der Waals surface area contributed by atoms with Gasteiger partial charge in [-0.25, -0.2) is 0 Å². The summed E-state index contributed by atoms with van der Waals surface area (Å²) in [7, 11) is 0. The fourth-order valence-corrected chi connectivity index (χ4v) is 3.31. The van der Waals surface area contributed by atoms with Crippen molar-refractivity contribution in [1.29, 1.82) is 0 Å². The third-order valence-electron chi connectivity index (χ3n) is 3.77. The minimum atomic E-state index is -0.0142. The van der Waals surface area contributed by atoms with Gasteiger partial charge < -0.3 is 9.88 Å². The number of carbonyl (C=O) groups is 1. The highest BCUT2D eigenvalue weighted by Crippen LogP contribution is 2.40. The van der Waals surface area contributed by atoms with Gasteiger partial charge in [-0.1, -0.05) is 30.8 Å². The van der Waals surface area contributed by atoms with E-state index in [0.717, 1.165) is 35.2 Å². The smallest absolute Gasteiger partial charge is 0.234 e. The molecule has 0 spiro atoms. The Bertz CT molecular complexity index is 694. The maximum Gasteiger partial charge on any atom is 0.234 e. The summed E-state index contributed by atoms with van der Waals surface area (Å²) in [6.07, 6.45) is 3.46. The number of aryl methyl sites for hydroxylation is 1. The Morgan fingerprint density at radius 1 is 1.39 bits per heavy atom. The van der Waals surface area contributed by atoms with Gasteiger partial charge in [-0.2, -0.15) is 0 Å². The number of thioether (sulfide) groups is 1. The first-order valence-corrected chi connectivity index (χ1v) is 9.08. The molecule has 0 atom stereocenters. The Labute approximate surface area is 140 Å². The maximum absolute atomic E-state index is 12.1. The molecule has 1 aromatic heterocycles. The standard InChI is InChI=1S/C17H22N4OS/c1-3-9-21-16(13-7-8-13)19-20-17(21)23-11-15(22)18-14-6-4-5-12(2)10-14/h4-6,10,13H,3,7-9,11H2,1-2H3,(H,18,22). The molecule has 122 valence electrons. The van der Waals surface area contributed by atoms with E-state index in [1.807, 2.05) is 31.2 Å². The first-order chi connectivity index (χ1) is 11.2. The average molecular weight is 330 g/mol. The molecule has 1 amide bonds. The molecule has 2 aromatic rings. The van der Waals surface area contributed by atoms with Gasteiger partial charge >= 0.3 is 0 Å². The van der Waals surface area contributed by atoms with Gasteiger partial charge in [0.25, 0.3) is 0 Å². The normalized spacial score (nSPS) is 14.0. The molecule has 3 rings (SSSR count). The highest BCUT2D eigenvalue weighted by Gasteiger charge is 2.30. The number of anilines is 1. The number of amides is 1. The van der Waals surface area contributed by atoms with Crippen molar-refractivity contribution in [3.05, 3.63) is 35.7 Å². The Kier molecular flexibility index (Phi) is 5.00. The summed E-state index contributed by atoms with van der Waals surface area (Å²) >= 11 is 1.46. The summed E-state index contributed by atoms with van der Waals surface area (Å²) in [5.41, 5.74) is 1.97. The maximum atomic E-state index is 12.1. The molecule has 1 N–H and O–H groups in total. The number of nitrogens with one attached hydrogen (secondary N) is 1. The van der Waals surface area contributed by atoms with Gasteiger partial charge in [0.1, 0.15) is 5.82 Å². The molecule has 0 aliphatic heterocycles. The molecule has 1 saturated carbocycles. The van der Waals surface area contributed by atoms with Gasteiger partial charge in [0.2, 0.25) is 5.91 Å². The number of nitrogens with zero attached hydrogens (tertiary/aromatic N) is 3. The molecule has 0 bridgehead atoms. The zero-order valence-corrected chi connectivity index (χ0v) is 14.4. The summed E-state index contributed by atoms with van der Waals surface area (Å²) in [4.78, 5) is 12.1. The van der Waals surface area contributed by atoms with Crippen LogP contribution in [0.4, 0.5) is 5.69 Å². The molecule has 0 unspecified atom stereocenters. The zero-order valence-electron chi connectivity index (χ0n) is 13.6. The van der Waals surface area contributed by atoms with Crippen LogP contribution >= 0.6 is 11.8 Å². The van der Waals surface area contributed by atoms with E-state index in [4.69, 9.17) is 0 Å².